The minimum Gasteiger partial charge on any atom is -0.492 e. The first-order valence-electron chi connectivity index (χ1n) is 8.74. The summed E-state index contributed by atoms with van der Waals surface area (Å²) in [6.07, 6.45) is 0.806. The number of amides is 1. The Morgan fingerprint density at radius 1 is 1.11 bits per heavy atom. The van der Waals surface area contributed by atoms with Crippen molar-refractivity contribution in [1.29, 1.82) is 0 Å². The van der Waals surface area contributed by atoms with E-state index in [1.165, 1.54) is 4.90 Å². The molecule has 0 radical (unpaired) electrons. The van der Waals surface area contributed by atoms with Gasteiger partial charge in [-0.1, -0.05) is 53.0 Å². The Morgan fingerprint density at radius 3 is 2.41 bits per heavy atom. The summed E-state index contributed by atoms with van der Waals surface area (Å²) in [4.78, 5) is 26.4. The molecule has 1 unspecified atom stereocenters. The molecule has 2 rings (SSSR count). The van der Waals surface area contributed by atoms with Crippen LogP contribution in [0.1, 0.15) is 35.7 Å². The van der Waals surface area contributed by atoms with Crippen molar-refractivity contribution in [1.82, 2.24) is 4.90 Å². The summed E-state index contributed by atoms with van der Waals surface area (Å²) >= 11 is 11.9. The lowest BCUT2D eigenvalue weighted by Crippen LogP contribution is -2.40. The molecule has 0 spiro atoms. The van der Waals surface area contributed by atoms with Crippen molar-refractivity contribution in [2.75, 3.05) is 13.7 Å². The van der Waals surface area contributed by atoms with Gasteiger partial charge < -0.3 is 9.64 Å². The van der Waals surface area contributed by atoms with Crippen molar-refractivity contribution < 1.29 is 14.3 Å². The van der Waals surface area contributed by atoms with E-state index in [2.05, 4.69) is 0 Å². The maximum absolute atomic E-state index is 12.5. The Balaban J connectivity index is 1.82. The van der Waals surface area contributed by atoms with Crippen LogP contribution in [0.25, 0.3) is 0 Å². The van der Waals surface area contributed by atoms with Crippen molar-refractivity contribution >= 4 is 34.9 Å². The molecule has 0 aliphatic heterocycles. The average molecular weight is 408 g/mol. The monoisotopic (exact) mass is 407 g/mol. The zero-order valence-corrected chi connectivity index (χ0v) is 17.2. The molecule has 0 fully saturated rings. The van der Waals surface area contributed by atoms with Gasteiger partial charge in [-0.15, -0.1) is 0 Å². The summed E-state index contributed by atoms with van der Waals surface area (Å²) in [7, 11) is 1.65. The standard InChI is InChI=1S/C21H23Cl2NO3/c1-14-6-8-16(9-7-14)21(26)15(2)24(3)20(25)5-4-12-27-19-11-10-17(22)13-18(19)23/h6-11,13,15H,4-5,12H2,1-3H3. The van der Waals surface area contributed by atoms with Crippen molar-refractivity contribution in [2.24, 2.45) is 0 Å². The molecule has 0 aliphatic carbocycles. The molecule has 0 heterocycles. The fourth-order valence-electron chi connectivity index (χ4n) is 2.53. The van der Waals surface area contributed by atoms with Crippen LogP contribution in [-0.2, 0) is 4.79 Å². The minimum absolute atomic E-state index is 0.0740. The molecule has 1 atom stereocenters. The number of Topliss-reactive ketones (excluding diaryl/α,β-unsaturated/α-hetero) is 1. The van der Waals surface area contributed by atoms with Crippen LogP contribution in [0.3, 0.4) is 0 Å². The molecule has 144 valence electrons. The summed E-state index contributed by atoms with van der Waals surface area (Å²) in [5.41, 5.74) is 1.69. The first-order valence-corrected chi connectivity index (χ1v) is 9.49. The molecular weight excluding hydrogens is 385 g/mol. The second-order valence-electron chi connectivity index (χ2n) is 6.44. The lowest BCUT2D eigenvalue weighted by atomic mass is 10.0. The van der Waals surface area contributed by atoms with E-state index < -0.39 is 6.04 Å². The fourth-order valence-corrected chi connectivity index (χ4v) is 2.99. The van der Waals surface area contributed by atoms with E-state index in [0.717, 1.165) is 5.56 Å². The van der Waals surface area contributed by atoms with Gasteiger partial charge in [0.05, 0.1) is 17.7 Å². The third-order valence-electron chi connectivity index (χ3n) is 4.38. The van der Waals surface area contributed by atoms with Crippen LogP contribution in [0.5, 0.6) is 5.75 Å². The van der Waals surface area contributed by atoms with Gasteiger partial charge in [0, 0.05) is 24.1 Å². The maximum Gasteiger partial charge on any atom is 0.223 e. The van der Waals surface area contributed by atoms with Gasteiger partial charge in [-0.2, -0.15) is 0 Å². The number of ketones is 1. The van der Waals surface area contributed by atoms with Crippen LogP contribution >= 0.6 is 23.2 Å². The second kappa shape index (κ2) is 9.77. The van der Waals surface area contributed by atoms with E-state index in [4.69, 9.17) is 27.9 Å². The minimum atomic E-state index is -0.521. The Bertz CT molecular complexity index is 806. The third kappa shape index (κ3) is 5.98. The normalized spacial score (nSPS) is 11.7. The first kappa shape index (κ1) is 21.3. The van der Waals surface area contributed by atoms with Gasteiger partial charge in [0.25, 0.3) is 0 Å². The molecule has 6 heteroatoms. The largest absolute Gasteiger partial charge is 0.492 e. The van der Waals surface area contributed by atoms with E-state index in [0.29, 0.717) is 34.4 Å². The number of hydrogen-bond donors (Lipinski definition) is 0. The molecule has 1 amide bonds. The summed E-state index contributed by atoms with van der Waals surface area (Å²) in [5.74, 6) is 0.355. The first-order chi connectivity index (χ1) is 12.8. The lowest BCUT2D eigenvalue weighted by molar-refractivity contribution is -0.131. The second-order valence-corrected chi connectivity index (χ2v) is 7.28. The molecule has 2 aromatic carbocycles. The average Bonchev–Trinajstić information content (AvgIpc) is 2.65. The number of halogens is 2. The van der Waals surface area contributed by atoms with Gasteiger partial charge in [-0.3, -0.25) is 9.59 Å². The number of nitrogens with zero attached hydrogens (tertiary/aromatic N) is 1. The number of carbonyl (C=O) groups is 2. The molecule has 0 saturated carbocycles. The highest BCUT2D eigenvalue weighted by atomic mass is 35.5. The van der Waals surface area contributed by atoms with Gasteiger partial charge in [0.15, 0.2) is 5.78 Å². The molecule has 0 saturated heterocycles. The molecule has 0 N–H and O–H groups in total. The Morgan fingerprint density at radius 2 is 1.78 bits per heavy atom. The van der Waals surface area contributed by atoms with Crippen LogP contribution in [-0.4, -0.2) is 36.3 Å². The van der Waals surface area contributed by atoms with Gasteiger partial charge in [0.2, 0.25) is 5.91 Å². The molecule has 0 bridgehead atoms. The van der Waals surface area contributed by atoms with Gasteiger partial charge in [0.1, 0.15) is 5.75 Å². The summed E-state index contributed by atoms with van der Waals surface area (Å²) in [6.45, 7) is 4.05. The predicted molar refractivity (Wildman–Crippen MR) is 109 cm³/mol. The highest BCUT2D eigenvalue weighted by molar-refractivity contribution is 6.35. The van der Waals surface area contributed by atoms with Crippen molar-refractivity contribution in [3.05, 3.63) is 63.6 Å². The van der Waals surface area contributed by atoms with Crippen molar-refractivity contribution in [2.45, 2.75) is 32.7 Å². The van der Waals surface area contributed by atoms with E-state index in [-0.39, 0.29) is 18.1 Å². The smallest absolute Gasteiger partial charge is 0.223 e. The Labute approximate surface area is 170 Å². The zero-order chi connectivity index (χ0) is 20.0. The quantitative estimate of drug-likeness (QED) is 0.446. The van der Waals surface area contributed by atoms with E-state index in [1.807, 2.05) is 19.1 Å². The molecule has 27 heavy (non-hydrogen) atoms. The van der Waals surface area contributed by atoms with E-state index >= 15 is 0 Å². The number of hydrogen-bond acceptors (Lipinski definition) is 3. The van der Waals surface area contributed by atoms with Crippen LogP contribution < -0.4 is 4.74 Å². The summed E-state index contributed by atoms with van der Waals surface area (Å²) in [6, 6.07) is 11.8. The van der Waals surface area contributed by atoms with Gasteiger partial charge in [-0.05, 0) is 38.5 Å². The number of carbonyl (C=O) groups excluding carboxylic acids is 2. The molecule has 4 nitrogen and oxygen atoms in total. The Hall–Kier alpha value is -2.04. The van der Waals surface area contributed by atoms with E-state index in [1.54, 1.807) is 44.3 Å². The Kier molecular flexibility index (Phi) is 7.69. The van der Waals surface area contributed by atoms with Crippen molar-refractivity contribution in [3.8, 4) is 5.75 Å². The SMILES string of the molecule is Cc1ccc(C(=O)C(C)N(C)C(=O)CCCOc2ccc(Cl)cc2Cl)cc1. The van der Waals surface area contributed by atoms with Crippen LogP contribution in [0.4, 0.5) is 0 Å². The highest BCUT2D eigenvalue weighted by Gasteiger charge is 2.23. The highest BCUT2D eigenvalue weighted by Crippen LogP contribution is 2.27. The summed E-state index contributed by atoms with van der Waals surface area (Å²) < 4.78 is 5.58. The van der Waals surface area contributed by atoms with Crippen molar-refractivity contribution in [3.63, 3.8) is 0 Å². The third-order valence-corrected chi connectivity index (χ3v) is 4.91. The molecule has 0 aromatic heterocycles. The molecular formula is C21H23Cl2NO3. The number of aryl methyl sites for hydroxylation is 1. The number of likely N-dealkylation sites (N-methyl/N-ethyl adjacent to an activating group) is 1. The fraction of sp³-hybridized carbons (Fsp3) is 0.333. The number of rotatable bonds is 8. The van der Waals surface area contributed by atoms with Crippen LogP contribution in [0.2, 0.25) is 10.0 Å². The predicted octanol–water partition coefficient (Wildman–Crippen LogP) is 5.19. The zero-order valence-electron chi connectivity index (χ0n) is 15.7. The number of ether oxygens (including phenoxy) is 1. The van der Waals surface area contributed by atoms with Gasteiger partial charge >= 0.3 is 0 Å². The van der Waals surface area contributed by atoms with E-state index in [9.17, 15) is 9.59 Å². The summed E-state index contributed by atoms with van der Waals surface area (Å²) in [5, 5.41) is 0.972. The van der Waals surface area contributed by atoms with Gasteiger partial charge in [-0.25, -0.2) is 0 Å². The topological polar surface area (TPSA) is 46.6 Å². The van der Waals surface area contributed by atoms with Crippen LogP contribution in [0.15, 0.2) is 42.5 Å². The molecule has 0 aliphatic rings. The molecule has 2 aromatic rings. The number of benzene rings is 2. The lowest BCUT2D eigenvalue weighted by Gasteiger charge is -2.24. The maximum atomic E-state index is 12.5. The van der Waals surface area contributed by atoms with Crippen LogP contribution in [0, 0.1) is 6.92 Å².